The summed E-state index contributed by atoms with van der Waals surface area (Å²) in [5.41, 5.74) is 7.30. The number of hydrogen-bond donors (Lipinski definition) is 5. The molecule has 6 heteroatoms. The fourth-order valence-electron chi connectivity index (χ4n) is 3.80. The van der Waals surface area contributed by atoms with E-state index >= 15 is 0 Å². The molecule has 0 radical (unpaired) electrons. The van der Waals surface area contributed by atoms with E-state index in [9.17, 15) is 0 Å². The van der Waals surface area contributed by atoms with Gasteiger partial charge in [-0.15, -0.1) is 0 Å². The van der Waals surface area contributed by atoms with Crippen molar-refractivity contribution in [2.24, 2.45) is 5.92 Å². The Labute approximate surface area is 208 Å². The van der Waals surface area contributed by atoms with Crippen molar-refractivity contribution in [1.82, 2.24) is 31.9 Å². The van der Waals surface area contributed by atoms with Crippen LogP contribution in [0.1, 0.15) is 127 Å². The maximum absolute atomic E-state index is 3.91. The third-order valence-electron chi connectivity index (χ3n) is 5.86. The van der Waals surface area contributed by atoms with Crippen LogP contribution in [-0.4, -0.2) is 48.7 Å². The molecule has 0 aliphatic heterocycles. The van der Waals surface area contributed by atoms with E-state index in [4.69, 9.17) is 0 Å². The summed E-state index contributed by atoms with van der Waals surface area (Å²) in [6.45, 7) is 24.5. The minimum absolute atomic E-state index is 0.0666. The molecule has 0 fully saturated rings. The molecule has 2 unspecified atom stereocenters. The van der Waals surface area contributed by atoms with E-state index in [1.165, 1.54) is 51.4 Å². The Morgan fingerprint density at radius 2 is 1.45 bits per heavy atom. The number of rotatable bonds is 22. The van der Waals surface area contributed by atoms with Crippen LogP contribution < -0.4 is 26.8 Å². The quantitative estimate of drug-likeness (QED) is 0.0815. The number of nitrogens with zero attached hydrogens (tertiary/aromatic N) is 1. The summed E-state index contributed by atoms with van der Waals surface area (Å²) in [5.74, 6) is 0.461. The van der Waals surface area contributed by atoms with Crippen molar-refractivity contribution in [2.75, 3.05) is 26.2 Å². The fraction of sp³-hybridized carbons (Fsp3) is 1.00. The fourth-order valence-corrected chi connectivity index (χ4v) is 3.80. The van der Waals surface area contributed by atoms with E-state index in [0.717, 1.165) is 39.0 Å². The van der Waals surface area contributed by atoms with Crippen LogP contribution in [0, 0.1) is 5.92 Å². The van der Waals surface area contributed by atoms with E-state index < -0.39 is 0 Å². The van der Waals surface area contributed by atoms with Gasteiger partial charge in [0.25, 0.3) is 0 Å². The van der Waals surface area contributed by atoms with Crippen LogP contribution in [0.3, 0.4) is 0 Å². The van der Waals surface area contributed by atoms with Crippen LogP contribution in [0.2, 0.25) is 0 Å². The lowest BCUT2D eigenvalue weighted by atomic mass is 10.0. The van der Waals surface area contributed by atoms with Gasteiger partial charge >= 0.3 is 0 Å². The molecule has 0 amide bonds. The second-order valence-corrected chi connectivity index (χ2v) is 11.4. The molecular weight excluding hydrogens is 408 g/mol. The highest BCUT2D eigenvalue weighted by Crippen LogP contribution is 2.14. The third-order valence-corrected chi connectivity index (χ3v) is 5.86. The smallest absolute Gasteiger partial charge is 0.123 e. The third kappa shape index (κ3) is 18.7. The monoisotopic (exact) mass is 471 g/mol. The predicted molar refractivity (Wildman–Crippen MR) is 147 cm³/mol. The molecule has 6 nitrogen and oxygen atoms in total. The van der Waals surface area contributed by atoms with E-state index in [2.05, 4.69) is 94.2 Å². The Hall–Kier alpha value is -0.240. The molecule has 0 spiro atoms. The molecule has 200 valence electrons. The Morgan fingerprint density at radius 3 is 2.03 bits per heavy atom. The summed E-state index contributed by atoms with van der Waals surface area (Å²) in [6.07, 6.45) is 12.1. The number of unbranched alkanes of at least 4 members (excludes halogenated alkanes) is 5. The van der Waals surface area contributed by atoms with E-state index in [1.54, 1.807) is 0 Å². The Balaban J connectivity index is 4.84. The SMILES string of the molecule is CCCCCNN(CCCCCC(NCCCC)(NCC(C)C)NC(C)CC)NC(C)(C)C. The molecule has 0 rings (SSSR count). The van der Waals surface area contributed by atoms with E-state index in [-0.39, 0.29) is 11.3 Å². The average molecular weight is 471 g/mol. The highest BCUT2D eigenvalue weighted by Gasteiger charge is 2.29. The first-order valence-electron chi connectivity index (χ1n) is 14.1. The molecule has 0 aromatic rings. The van der Waals surface area contributed by atoms with Crippen molar-refractivity contribution in [1.29, 1.82) is 0 Å². The van der Waals surface area contributed by atoms with Crippen molar-refractivity contribution < 1.29 is 0 Å². The van der Waals surface area contributed by atoms with Gasteiger partial charge in [0.15, 0.2) is 0 Å². The molecule has 5 N–H and O–H groups in total. The van der Waals surface area contributed by atoms with Gasteiger partial charge in [0.05, 0.1) is 0 Å². The lowest BCUT2D eigenvalue weighted by Gasteiger charge is -2.40. The van der Waals surface area contributed by atoms with Gasteiger partial charge < -0.3 is 0 Å². The minimum atomic E-state index is -0.170. The lowest BCUT2D eigenvalue weighted by molar-refractivity contribution is 0.0643. The molecule has 33 heavy (non-hydrogen) atoms. The molecule has 0 aromatic heterocycles. The standard InChI is InChI=1S/C27H62N6/c1-10-13-17-21-30-33(32-26(7,8)9)22-18-15-16-19-27(28-20-14-11-2,29-23-24(4)5)31-25(6)12-3/h24-25,28-32H,10-23H2,1-9H3. The van der Waals surface area contributed by atoms with Crippen LogP contribution >= 0.6 is 0 Å². The van der Waals surface area contributed by atoms with Gasteiger partial charge in [0.2, 0.25) is 0 Å². The average Bonchev–Trinajstić information content (AvgIpc) is 2.73. The second kappa shape index (κ2) is 19.0. The zero-order valence-corrected chi connectivity index (χ0v) is 24.0. The summed E-state index contributed by atoms with van der Waals surface area (Å²) >= 11 is 0. The van der Waals surface area contributed by atoms with E-state index in [0.29, 0.717) is 12.0 Å². The highest BCUT2D eigenvalue weighted by molar-refractivity contribution is 4.86. The van der Waals surface area contributed by atoms with Crippen molar-refractivity contribution in [3.63, 3.8) is 0 Å². The zero-order valence-electron chi connectivity index (χ0n) is 24.0. The first kappa shape index (κ1) is 32.8. The molecular formula is C27H62N6. The molecule has 0 aromatic carbocycles. The lowest BCUT2D eigenvalue weighted by Crippen LogP contribution is -2.68. The minimum Gasteiger partial charge on any atom is -0.287 e. The van der Waals surface area contributed by atoms with Gasteiger partial charge in [-0.1, -0.05) is 60.3 Å². The Morgan fingerprint density at radius 1 is 0.758 bits per heavy atom. The van der Waals surface area contributed by atoms with Crippen molar-refractivity contribution in [3.8, 4) is 0 Å². The number of hydrazine groups is 2. The summed E-state index contributed by atoms with van der Waals surface area (Å²) in [7, 11) is 0. The van der Waals surface area contributed by atoms with Crippen LogP contribution in [0.5, 0.6) is 0 Å². The molecule has 0 bridgehead atoms. The normalized spacial score (nSPS) is 15.4. The summed E-state index contributed by atoms with van der Waals surface area (Å²) in [4.78, 5) is 0. The van der Waals surface area contributed by atoms with Crippen molar-refractivity contribution in [2.45, 2.75) is 144 Å². The van der Waals surface area contributed by atoms with Crippen LogP contribution in [0.25, 0.3) is 0 Å². The van der Waals surface area contributed by atoms with Crippen LogP contribution in [-0.2, 0) is 0 Å². The Bertz CT molecular complexity index is 437. The molecule has 2 atom stereocenters. The second-order valence-electron chi connectivity index (χ2n) is 11.4. The molecule has 0 saturated carbocycles. The maximum atomic E-state index is 3.91. The van der Waals surface area contributed by atoms with Gasteiger partial charge in [0, 0.05) is 31.2 Å². The maximum Gasteiger partial charge on any atom is 0.123 e. The van der Waals surface area contributed by atoms with Crippen LogP contribution in [0.4, 0.5) is 0 Å². The summed E-state index contributed by atoms with van der Waals surface area (Å²) in [5, 5.41) is 13.9. The van der Waals surface area contributed by atoms with Crippen molar-refractivity contribution >= 4 is 0 Å². The molecule has 0 heterocycles. The van der Waals surface area contributed by atoms with Gasteiger partial charge in [0.1, 0.15) is 5.79 Å². The van der Waals surface area contributed by atoms with Gasteiger partial charge in [-0.3, -0.25) is 16.0 Å². The Kier molecular flexibility index (Phi) is 18.9. The topological polar surface area (TPSA) is 63.4 Å². The van der Waals surface area contributed by atoms with Gasteiger partial charge in [-0.25, -0.2) is 10.9 Å². The zero-order chi connectivity index (χ0) is 25.2. The molecule has 0 aliphatic carbocycles. The number of hydrogen-bond acceptors (Lipinski definition) is 6. The molecule has 0 saturated heterocycles. The first-order chi connectivity index (χ1) is 15.6. The molecule has 0 aliphatic rings. The predicted octanol–water partition coefficient (Wildman–Crippen LogP) is 5.52. The highest BCUT2D eigenvalue weighted by atomic mass is 15.7. The van der Waals surface area contributed by atoms with Gasteiger partial charge in [-0.2, -0.15) is 5.12 Å². The summed E-state index contributed by atoms with van der Waals surface area (Å²) < 4.78 is 0. The van der Waals surface area contributed by atoms with Crippen molar-refractivity contribution in [3.05, 3.63) is 0 Å². The van der Waals surface area contributed by atoms with E-state index in [1.807, 2.05) is 0 Å². The van der Waals surface area contributed by atoms with Crippen LogP contribution in [0.15, 0.2) is 0 Å². The summed E-state index contributed by atoms with van der Waals surface area (Å²) in [6, 6.07) is 0.484. The largest absolute Gasteiger partial charge is 0.287 e. The first-order valence-corrected chi connectivity index (χ1v) is 14.1. The van der Waals surface area contributed by atoms with Gasteiger partial charge in [-0.05, 0) is 78.7 Å². The number of nitrogens with one attached hydrogen (secondary N) is 5.